The smallest absolute Gasteiger partial charge is 0.220 e. The number of nitrogens with zero attached hydrogens (tertiary/aromatic N) is 2. The number of ether oxygens (including phenoxy) is 1. The fourth-order valence-corrected chi connectivity index (χ4v) is 8.37. The van der Waals surface area contributed by atoms with Gasteiger partial charge in [-0.05, 0) is 67.0 Å². The van der Waals surface area contributed by atoms with Gasteiger partial charge in [0.2, 0.25) is 17.7 Å². The highest BCUT2D eigenvalue weighted by Crippen LogP contribution is 2.48. The Kier molecular flexibility index (Phi) is 10.1. The van der Waals surface area contributed by atoms with Crippen LogP contribution in [-0.2, 0) is 28.0 Å². The number of carbonyl (C=O) groups excluding carboxylic acids is 2. The Morgan fingerprint density at radius 2 is 1.65 bits per heavy atom. The van der Waals surface area contributed by atoms with Crippen LogP contribution in [0.4, 0.5) is 0 Å². The molecule has 2 fully saturated rings. The average Bonchev–Trinajstić information content (AvgIpc) is 3.74. The maximum Gasteiger partial charge on any atom is 0.220 e. The summed E-state index contributed by atoms with van der Waals surface area (Å²) < 4.78 is 5.86. The summed E-state index contributed by atoms with van der Waals surface area (Å²) in [7, 11) is 1.63. The molecule has 0 spiro atoms. The Morgan fingerprint density at radius 3 is 2.39 bits per heavy atom. The lowest BCUT2D eigenvalue weighted by molar-refractivity contribution is -0.120. The fourth-order valence-electron chi connectivity index (χ4n) is 7.64. The molecular weight excluding hydrogens is 659 g/mol. The molecule has 4 aliphatic rings. The minimum atomic E-state index is -0.929. The summed E-state index contributed by atoms with van der Waals surface area (Å²) >= 11 is 14.4. The third-order valence-corrected chi connectivity index (χ3v) is 11.2. The van der Waals surface area contributed by atoms with Gasteiger partial charge in [-0.2, -0.15) is 0 Å². The van der Waals surface area contributed by atoms with Gasteiger partial charge in [0, 0.05) is 66.9 Å². The van der Waals surface area contributed by atoms with Crippen LogP contribution >= 0.6 is 23.2 Å². The molecule has 2 aromatic heterocycles. The molecule has 2 unspecified atom stereocenters. The highest BCUT2D eigenvalue weighted by atomic mass is 35.5. The van der Waals surface area contributed by atoms with Gasteiger partial charge in [0.1, 0.15) is 0 Å². The first kappa shape index (κ1) is 33.7. The Morgan fingerprint density at radius 1 is 0.918 bits per heavy atom. The van der Waals surface area contributed by atoms with Gasteiger partial charge in [0.05, 0.1) is 29.3 Å². The number of benzene rings is 1. The SMILES string of the molecule is COc1nc(C2(c3ccc4c(n3)CCC[C@@H]4NC[C@H]3CCC(=O)N3)C=CC=C(c3ccccc3Cl)C2Cl)ccc1CNC[C@H]1CCC(=O)N1. The minimum Gasteiger partial charge on any atom is -0.481 e. The van der Waals surface area contributed by atoms with Crippen molar-refractivity contribution in [1.29, 1.82) is 0 Å². The third-order valence-electron chi connectivity index (χ3n) is 10.3. The Hall–Kier alpha value is -3.76. The van der Waals surface area contributed by atoms with E-state index in [2.05, 4.69) is 39.5 Å². The number of nitrogens with one attached hydrogen (secondary N) is 4. The van der Waals surface area contributed by atoms with Gasteiger partial charge in [0.15, 0.2) is 0 Å². The maximum atomic E-state index is 11.8. The number of fused-ring (bicyclic) bond motifs is 1. The van der Waals surface area contributed by atoms with Crippen LogP contribution in [0.3, 0.4) is 0 Å². The second-order valence-electron chi connectivity index (χ2n) is 13.4. The molecule has 1 aromatic carbocycles. The highest BCUT2D eigenvalue weighted by molar-refractivity contribution is 6.34. The van der Waals surface area contributed by atoms with Crippen LogP contribution in [0.1, 0.15) is 78.3 Å². The van der Waals surface area contributed by atoms with Crippen molar-refractivity contribution in [3.63, 3.8) is 0 Å². The molecule has 11 heteroatoms. The lowest BCUT2D eigenvalue weighted by atomic mass is 9.70. The zero-order chi connectivity index (χ0) is 34.0. The molecule has 0 bridgehead atoms. The van der Waals surface area contributed by atoms with Gasteiger partial charge in [-0.3, -0.25) is 14.6 Å². The topological polar surface area (TPSA) is 117 Å². The first-order valence-corrected chi connectivity index (χ1v) is 18.0. The largest absolute Gasteiger partial charge is 0.481 e. The molecule has 49 heavy (non-hydrogen) atoms. The van der Waals surface area contributed by atoms with Crippen LogP contribution in [0.5, 0.6) is 5.88 Å². The highest BCUT2D eigenvalue weighted by Gasteiger charge is 2.46. The van der Waals surface area contributed by atoms with E-state index in [1.54, 1.807) is 7.11 Å². The summed E-state index contributed by atoms with van der Waals surface area (Å²) in [4.78, 5) is 33.9. The predicted molar refractivity (Wildman–Crippen MR) is 192 cm³/mol. The molecular formula is C38H42Cl2N6O3. The molecule has 3 aromatic rings. The first-order chi connectivity index (χ1) is 23.9. The van der Waals surface area contributed by atoms with Crippen LogP contribution in [0.15, 0.2) is 66.8 Å². The van der Waals surface area contributed by atoms with E-state index in [0.29, 0.717) is 36.8 Å². The molecule has 256 valence electrons. The number of halogens is 2. The van der Waals surface area contributed by atoms with Crippen molar-refractivity contribution in [3.8, 4) is 5.88 Å². The molecule has 0 radical (unpaired) electrons. The lowest BCUT2D eigenvalue weighted by Crippen LogP contribution is -2.41. The zero-order valence-corrected chi connectivity index (χ0v) is 29.1. The Bertz CT molecular complexity index is 1800. The molecule has 5 atom stereocenters. The number of hydrogen-bond donors (Lipinski definition) is 4. The van der Waals surface area contributed by atoms with Crippen LogP contribution in [0.25, 0.3) is 5.57 Å². The third kappa shape index (κ3) is 6.86. The number of aromatic nitrogens is 2. The molecule has 9 nitrogen and oxygen atoms in total. The van der Waals surface area contributed by atoms with Gasteiger partial charge >= 0.3 is 0 Å². The normalized spacial score (nSPS) is 26.2. The van der Waals surface area contributed by atoms with E-state index in [1.807, 2.05) is 48.6 Å². The summed E-state index contributed by atoms with van der Waals surface area (Å²) in [5.74, 6) is 0.735. The number of carbonyl (C=O) groups is 2. The number of hydrogen-bond acceptors (Lipinski definition) is 7. The molecule has 4 N–H and O–H groups in total. The second kappa shape index (κ2) is 14.6. The quantitative estimate of drug-likeness (QED) is 0.201. The van der Waals surface area contributed by atoms with Crippen molar-refractivity contribution in [3.05, 3.63) is 106 Å². The summed E-state index contributed by atoms with van der Waals surface area (Å²) in [5, 5.41) is 13.3. The zero-order valence-electron chi connectivity index (χ0n) is 27.6. The summed E-state index contributed by atoms with van der Waals surface area (Å²) in [5.41, 5.74) is 5.50. The molecule has 7 rings (SSSR count). The second-order valence-corrected chi connectivity index (χ2v) is 14.2. The van der Waals surface area contributed by atoms with E-state index in [0.717, 1.165) is 72.4 Å². The van der Waals surface area contributed by atoms with Gasteiger partial charge in [0.25, 0.3) is 0 Å². The van der Waals surface area contributed by atoms with Crippen molar-refractivity contribution >= 4 is 40.6 Å². The lowest BCUT2D eigenvalue weighted by Gasteiger charge is -2.39. The minimum absolute atomic E-state index is 0.101. The maximum absolute atomic E-state index is 11.8. The van der Waals surface area contributed by atoms with E-state index in [-0.39, 0.29) is 29.9 Å². The summed E-state index contributed by atoms with van der Waals surface area (Å²) in [6.45, 7) is 1.94. The van der Waals surface area contributed by atoms with Gasteiger partial charge in [-0.25, -0.2) is 4.98 Å². The van der Waals surface area contributed by atoms with Crippen molar-refractivity contribution in [2.24, 2.45) is 0 Å². The average molecular weight is 702 g/mol. The number of rotatable bonds is 11. The Balaban J connectivity index is 1.23. The number of aryl methyl sites for hydroxylation is 1. The number of allylic oxidation sites excluding steroid dienone is 4. The van der Waals surface area contributed by atoms with E-state index in [4.69, 9.17) is 37.9 Å². The molecule has 2 aliphatic carbocycles. The predicted octanol–water partition coefficient (Wildman–Crippen LogP) is 5.30. The summed E-state index contributed by atoms with van der Waals surface area (Å²) in [6.07, 6.45) is 11.9. The summed E-state index contributed by atoms with van der Waals surface area (Å²) in [6, 6.07) is 16.5. The molecule has 2 saturated heterocycles. The van der Waals surface area contributed by atoms with E-state index in [1.165, 1.54) is 5.56 Å². The van der Waals surface area contributed by atoms with E-state index < -0.39 is 10.8 Å². The number of alkyl halides is 1. The van der Waals surface area contributed by atoms with Crippen LogP contribution in [0.2, 0.25) is 5.02 Å². The first-order valence-electron chi connectivity index (χ1n) is 17.2. The monoisotopic (exact) mass is 700 g/mol. The van der Waals surface area contributed by atoms with Crippen LogP contribution in [0, 0.1) is 0 Å². The van der Waals surface area contributed by atoms with Crippen molar-refractivity contribution in [2.45, 2.75) is 80.4 Å². The fraction of sp³-hybridized carbons (Fsp3) is 0.421. The van der Waals surface area contributed by atoms with E-state index in [9.17, 15) is 9.59 Å². The van der Waals surface area contributed by atoms with Crippen molar-refractivity contribution in [1.82, 2.24) is 31.2 Å². The number of amides is 2. The van der Waals surface area contributed by atoms with Gasteiger partial charge in [-0.15, -0.1) is 11.6 Å². The van der Waals surface area contributed by atoms with Gasteiger partial charge in [-0.1, -0.05) is 60.2 Å². The van der Waals surface area contributed by atoms with Gasteiger partial charge < -0.3 is 26.0 Å². The molecule has 2 aliphatic heterocycles. The molecule has 4 heterocycles. The van der Waals surface area contributed by atoms with E-state index >= 15 is 0 Å². The molecule has 0 saturated carbocycles. The Labute approximate surface area is 297 Å². The van der Waals surface area contributed by atoms with Crippen LogP contribution < -0.4 is 26.0 Å². The number of methoxy groups -OCH3 is 1. The van der Waals surface area contributed by atoms with Crippen LogP contribution in [-0.4, -0.2) is 59.4 Å². The molecule has 2 amide bonds. The standard InChI is InChI=1S/C38H42Cl2N6O3/c1-49-37-23(20-41-21-24-12-17-34(47)43-24)11-15-33(46-37)38(19-5-7-27(36(38)40)26-6-2-3-8-29(26)39)32-16-14-28-30(9-4-10-31(28)45-32)42-22-25-13-18-35(48)44-25/h2-3,5-8,11,14-16,19,24-25,30,36,41-42H,4,9-10,12-13,17-18,20-22H2,1H3,(H,43,47)(H,44,48)/t24-,25-,30+,36?,38?/m1/s1. The van der Waals surface area contributed by atoms with Crippen molar-refractivity contribution < 1.29 is 14.3 Å². The van der Waals surface area contributed by atoms with Crippen molar-refractivity contribution in [2.75, 3.05) is 20.2 Å². The number of pyridine rings is 2.